The van der Waals surface area contributed by atoms with E-state index in [1.165, 1.54) is 6.42 Å². The van der Waals surface area contributed by atoms with Crippen molar-refractivity contribution in [3.05, 3.63) is 0 Å². The van der Waals surface area contributed by atoms with E-state index in [1.807, 2.05) is 0 Å². The van der Waals surface area contributed by atoms with Gasteiger partial charge in [-0.3, -0.25) is 9.59 Å². The van der Waals surface area contributed by atoms with Crippen LogP contribution in [-0.2, 0) is 9.59 Å². The Morgan fingerprint density at radius 1 is 1.05 bits per heavy atom. The van der Waals surface area contributed by atoms with Crippen molar-refractivity contribution in [2.75, 3.05) is 6.54 Å². The fourth-order valence-corrected chi connectivity index (χ4v) is 4.97. The molecule has 5 N–H and O–H groups in total. The number of carbonyl (C=O) groups is 2. The lowest BCUT2D eigenvalue weighted by Crippen LogP contribution is -2.51. The number of nitrogens with one attached hydrogen (secondary N) is 1. The minimum Gasteiger partial charge on any atom is -0.369 e. The van der Waals surface area contributed by atoms with E-state index in [0.29, 0.717) is 18.4 Å². The molecule has 5 nitrogen and oxygen atoms in total. The lowest BCUT2D eigenvalue weighted by atomic mass is 9.65. The van der Waals surface area contributed by atoms with Gasteiger partial charge in [0.15, 0.2) is 0 Å². The molecule has 3 aliphatic rings. The molecule has 0 aromatic carbocycles. The van der Waals surface area contributed by atoms with Crippen LogP contribution in [0.4, 0.5) is 0 Å². The highest BCUT2D eigenvalue weighted by molar-refractivity contribution is 5.83. The van der Waals surface area contributed by atoms with Gasteiger partial charge in [-0.25, -0.2) is 0 Å². The van der Waals surface area contributed by atoms with E-state index in [-0.39, 0.29) is 23.8 Å². The van der Waals surface area contributed by atoms with Crippen LogP contribution in [0.1, 0.15) is 57.8 Å². The maximum absolute atomic E-state index is 12.6. The number of hydrogen-bond donors (Lipinski definition) is 3. The molecule has 0 aromatic rings. The Bertz CT molecular complexity index is 431. The van der Waals surface area contributed by atoms with Gasteiger partial charge in [0.2, 0.25) is 11.8 Å². The molecule has 3 fully saturated rings. The molecular formula is C17H29N3O2. The van der Waals surface area contributed by atoms with Crippen molar-refractivity contribution in [3.63, 3.8) is 0 Å². The third-order valence-corrected chi connectivity index (χ3v) is 6.47. The first-order chi connectivity index (χ1) is 10.5. The number of nitrogens with two attached hydrogens (primary N) is 2. The average Bonchev–Trinajstić information content (AvgIpc) is 2.94. The van der Waals surface area contributed by atoms with Gasteiger partial charge in [-0.1, -0.05) is 19.3 Å². The Morgan fingerprint density at radius 3 is 2.18 bits per heavy atom. The van der Waals surface area contributed by atoms with Gasteiger partial charge < -0.3 is 16.8 Å². The molecule has 124 valence electrons. The number of fused-ring (bicyclic) bond motifs is 2. The van der Waals surface area contributed by atoms with Crippen LogP contribution in [-0.4, -0.2) is 24.4 Å². The summed E-state index contributed by atoms with van der Waals surface area (Å²) in [5.41, 5.74) is 11.4. The topological polar surface area (TPSA) is 98.2 Å². The van der Waals surface area contributed by atoms with Crippen LogP contribution in [0.15, 0.2) is 0 Å². The van der Waals surface area contributed by atoms with Gasteiger partial charge >= 0.3 is 0 Å². The molecule has 5 heteroatoms. The quantitative estimate of drug-likeness (QED) is 0.730. The maximum atomic E-state index is 12.6. The predicted octanol–water partition coefficient (Wildman–Crippen LogP) is 1.30. The van der Waals surface area contributed by atoms with E-state index in [1.54, 1.807) is 0 Å². The first kappa shape index (κ1) is 15.8. The van der Waals surface area contributed by atoms with E-state index >= 15 is 0 Å². The summed E-state index contributed by atoms with van der Waals surface area (Å²) in [6, 6.07) is 0.282. The number of carbonyl (C=O) groups excluding carboxylic acids is 2. The second-order valence-electron chi connectivity index (χ2n) is 7.77. The van der Waals surface area contributed by atoms with Crippen molar-refractivity contribution in [1.82, 2.24) is 5.32 Å². The highest BCUT2D eigenvalue weighted by Crippen LogP contribution is 2.42. The molecule has 22 heavy (non-hydrogen) atoms. The molecule has 3 rings (SSSR count). The van der Waals surface area contributed by atoms with Crippen molar-refractivity contribution >= 4 is 11.8 Å². The predicted molar refractivity (Wildman–Crippen MR) is 84.6 cm³/mol. The third-order valence-electron chi connectivity index (χ3n) is 6.47. The van der Waals surface area contributed by atoms with E-state index in [9.17, 15) is 9.59 Å². The van der Waals surface area contributed by atoms with Gasteiger partial charge in [0.25, 0.3) is 0 Å². The van der Waals surface area contributed by atoms with Gasteiger partial charge in [-0.05, 0) is 50.4 Å². The van der Waals surface area contributed by atoms with Crippen LogP contribution in [0.2, 0.25) is 0 Å². The highest BCUT2D eigenvalue weighted by Gasteiger charge is 2.43. The maximum Gasteiger partial charge on any atom is 0.225 e. The molecule has 2 unspecified atom stereocenters. The minimum absolute atomic E-state index is 0.0708. The third kappa shape index (κ3) is 2.87. The highest BCUT2D eigenvalue weighted by atomic mass is 16.2. The minimum atomic E-state index is -0.503. The summed E-state index contributed by atoms with van der Waals surface area (Å²) in [7, 11) is 0. The van der Waals surface area contributed by atoms with Crippen molar-refractivity contribution in [2.45, 2.75) is 63.8 Å². The van der Waals surface area contributed by atoms with E-state index in [2.05, 4.69) is 5.32 Å². The van der Waals surface area contributed by atoms with Gasteiger partial charge in [0, 0.05) is 18.5 Å². The summed E-state index contributed by atoms with van der Waals surface area (Å²) in [5, 5.41) is 3.04. The molecule has 0 radical (unpaired) electrons. The Balaban J connectivity index is 1.57. The molecule has 2 bridgehead atoms. The number of primary amides is 1. The first-order valence-corrected chi connectivity index (χ1v) is 8.85. The normalized spacial score (nSPS) is 36.8. The zero-order chi connectivity index (χ0) is 15.7. The first-order valence-electron chi connectivity index (χ1n) is 8.85. The van der Waals surface area contributed by atoms with Crippen LogP contribution in [0, 0.1) is 23.2 Å². The lowest BCUT2D eigenvalue weighted by molar-refractivity contribution is -0.131. The number of amides is 2. The molecule has 3 saturated carbocycles. The van der Waals surface area contributed by atoms with Crippen LogP contribution in [0.3, 0.4) is 0 Å². The van der Waals surface area contributed by atoms with Crippen molar-refractivity contribution in [1.29, 1.82) is 0 Å². The van der Waals surface area contributed by atoms with Crippen LogP contribution in [0.25, 0.3) is 0 Å². The molecule has 2 atom stereocenters. The molecule has 0 saturated heterocycles. The van der Waals surface area contributed by atoms with Gasteiger partial charge in [0.1, 0.15) is 0 Å². The van der Waals surface area contributed by atoms with Crippen LogP contribution >= 0.6 is 0 Å². The second-order valence-corrected chi connectivity index (χ2v) is 7.77. The Labute approximate surface area is 132 Å². The SMILES string of the molecule is NC(=O)C1(CNC(=O)C2CC3CCCC(C2)C3N)CCCC1. The number of rotatable bonds is 4. The summed E-state index contributed by atoms with van der Waals surface area (Å²) in [4.78, 5) is 24.3. The van der Waals surface area contributed by atoms with Gasteiger partial charge in [0.05, 0.1) is 5.41 Å². The fourth-order valence-electron chi connectivity index (χ4n) is 4.97. The Hall–Kier alpha value is -1.10. The molecule has 0 aromatic heterocycles. The summed E-state index contributed by atoms with van der Waals surface area (Å²) in [5.74, 6) is 0.922. The molecule has 2 amide bonds. The second kappa shape index (κ2) is 6.19. The number of hydrogen-bond acceptors (Lipinski definition) is 3. The summed E-state index contributed by atoms with van der Waals surface area (Å²) in [6.45, 7) is 0.416. The summed E-state index contributed by atoms with van der Waals surface area (Å²) < 4.78 is 0. The average molecular weight is 307 g/mol. The van der Waals surface area contributed by atoms with Crippen molar-refractivity contribution in [3.8, 4) is 0 Å². The zero-order valence-electron chi connectivity index (χ0n) is 13.4. The van der Waals surface area contributed by atoms with E-state index < -0.39 is 5.41 Å². The van der Waals surface area contributed by atoms with Gasteiger partial charge in [-0.15, -0.1) is 0 Å². The molecule has 0 heterocycles. The summed E-state index contributed by atoms with van der Waals surface area (Å²) >= 11 is 0. The summed E-state index contributed by atoms with van der Waals surface area (Å²) in [6.07, 6.45) is 9.07. The standard InChI is InChI=1S/C17H29N3O2/c18-14-11-4-3-5-12(14)9-13(8-11)15(21)20-10-17(16(19)22)6-1-2-7-17/h11-14H,1-10,18H2,(H2,19,22)(H,20,21). The van der Waals surface area contributed by atoms with Crippen molar-refractivity contribution < 1.29 is 9.59 Å². The monoisotopic (exact) mass is 307 g/mol. The lowest BCUT2D eigenvalue weighted by Gasteiger charge is -2.43. The molecular weight excluding hydrogens is 278 g/mol. The fraction of sp³-hybridized carbons (Fsp3) is 0.882. The largest absolute Gasteiger partial charge is 0.369 e. The van der Waals surface area contributed by atoms with Gasteiger partial charge in [-0.2, -0.15) is 0 Å². The van der Waals surface area contributed by atoms with Crippen LogP contribution < -0.4 is 16.8 Å². The molecule has 0 aliphatic heterocycles. The smallest absolute Gasteiger partial charge is 0.225 e. The zero-order valence-corrected chi connectivity index (χ0v) is 13.4. The molecule has 3 aliphatic carbocycles. The van der Waals surface area contributed by atoms with Crippen LogP contribution in [0.5, 0.6) is 0 Å². The van der Waals surface area contributed by atoms with E-state index in [4.69, 9.17) is 11.5 Å². The Morgan fingerprint density at radius 2 is 1.64 bits per heavy atom. The molecule has 0 spiro atoms. The van der Waals surface area contributed by atoms with Crippen molar-refractivity contribution in [2.24, 2.45) is 34.6 Å². The van der Waals surface area contributed by atoms with E-state index in [0.717, 1.165) is 51.4 Å². The Kier molecular flexibility index (Phi) is 4.44.